The molecule has 0 aliphatic rings. The van der Waals surface area contributed by atoms with E-state index in [-0.39, 0.29) is 29.6 Å². The molecule has 3 nitrogen and oxygen atoms in total. The Kier molecular flexibility index (Phi) is 5.69. The minimum absolute atomic E-state index is 0.0225. The lowest BCUT2D eigenvalue weighted by Gasteiger charge is -2.28. The van der Waals surface area contributed by atoms with E-state index in [2.05, 4.69) is 20.8 Å². The average Bonchev–Trinajstić information content (AvgIpc) is 2.36. The van der Waals surface area contributed by atoms with Crippen LogP contribution in [0.25, 0.3) is 0 Å². The minimum Gasteiger partial charge on any atom is -0.341 e. The van der Waals surface area contributed by atoms with Crippen LogP contribution in [0.15, 0.2) is 24.3 Å². The Labute approximate surface area is 121 Å². The van der Waals surface area contributed by atoms with Crippen molar-refractivity contribution in [3.8, 4) is 0 Å². The molecule has 0 saturated heterocycles. The Bertz CT molecular complexity index is 454. The van der Waals surface area contributed by atoms with Crippen LogP contribution in [0.1, 0.15) is 32.8 Å². The smallest absolute Gasteiger partial charge is 0.227 e. The number of halogens is 1. The summed E-state index contributed by atoms with van der Waals surface area (Å²) in [6.07, 6.45) is 0.726. The highest BCUT2D eigenvalue weighted by Gasteiger charge is 2.26. The molecular weight excluding hydrogens is 255 g/mol. The number of rotatable bonds is 5. The SMILES string of the molecule is CN(Cc1ccccc1F)C(=O)C(CN)CC(C)(C)C. The van der Waals surface area contributed by atoms with Crippen LogP contribution in [0.4, 0.5) is 4.39 Å². The lowest BCUT2D eigenvalue weighted by Crippen LogP contribution is -2.38. The van der Waals surface area contributed by atoms with Crippen LogP contribution in [-0.2, 0) is 11.3 Å². The largest absolute Gasteiger partial charge is 0.341 e. The molecule has 4 heteroatoms. The fourth-order valence-electron chi connectivity index (χ4n) is 2.28. The summed E-state index contributed by atoms with van der Waals surface area (Å²) >= 11 is 0. The van der Waals surface area contributed by atoms with E-state index in [1.54, 1.807) is 30.1 Å². The Hall–Kier alpha value is -1.42. The maximum atomic E-state index is 13.6. The number of amides is 1. The zero-order valence-electron chi connectivity index (χ0n) is 12.8. The van der Waals surface area contributed by atoms with Gasteiger partial charge in [0.2, 0.25) is 5.91 Å². The third-order valence-electron chi connectivity index (χ3n) is 3.23. The normalized spacial score (nSPS) is 13.1. The van der Waals surface area contributed by atoms with Gasteiger partial charge in [-0.05, 0) is 17.9 Å². The summed E-state index contributed by atoms with van der Waals surface area (Å²) < 4.78 is 13.6. The molecule has 0 aliphatic carbocycles. The van der Waals surface area contributed by atoms with Crippen molar-refractivity contribution in [1.82, 2.24) is 4.90 Å². The van der Waals surface area contributed by atoms with E-state index in [0.29, 0.717) is 12.1 Å². The van der Waals surface area contributed by atoms with Gasteiger partial charge in [-0.3, -0.25) is 4.79 Å². The van der Waals surface area contributed by atoms with Gasteiger partial charge in [-0.15, -0.1) is 0 Å². The molecule has 0 heterocycles. The molecule has 1 unspecified atom stereocenters. The van der Waals surface area contributed by atoms with Crippen LogP contribution in [0, 0.1) is 17.2 Å². The molecule has 0 bridgehead atoms. The topological polar surface area (TPSA) is 46.3 Å². The second-order valence-electron chi connectivity index (χ2n) is 6.48. The van der Waals surface area contributed by atoms with Crippen LogP contribution >= 0.6 is 0 Å². The molecule has 1 rings (SSSR count). The van der Waals surface area contributed by atoms with E-state index in [1.807, 2.05) is 0 Å². The first-order valence-corrected chi connectivity index (χ1v) is 6.93. The number of hydrogen-bond acceptors (Lipinski definition) is 2. The zero-order valence-corrected chi connectivity index (χ0v) is 12.8. The van der Waals surface area contributed by atoms with Crippen molar-refractivity contribution in [2.75, 3.05) is 13.6 Å². The number of hydrogen-bond donors (Lipinski definition) is 1. The van der Waals surface area contributed by atoms with Crippen molar-refractivity contribution in [3.63, 3.8) is 0 Å². The third-order valence-corrected chi connectivity index (χ3v) is 3.23. The lowest BCUT2D eigenvalue weighted by molar-refractivity contribution is -0.135. The summed E-state index contributed by atoms with van der Waals surface area (Å²) in [5, 5.41) is 0. The summed E-state index contributed by atoms with van der Waals surface area (Å²) in [6.45, 7) is 6.84. The fourth-order valence-corrected chi connectivity index (χ4v) is 2.28. The molecule has 0 fully saturated rings. The van der Waals surface area contributed by atoms with Crippen molar-refractivity contribution in [1.29, 1.82) is 0 Å². The molecule has 1 aromatic carbocycles. The minimum atomic E-state index is -0.285. The van der Waals surface area contributed by atoms with Gasteiger partial charge in [0.15, 0.2) is 0 Å². The zero-order chi connectivity index (χ0) is 15.3. The first-order valence-electron chi connectivity index (χ1n) is 6.93. The molecule has 1 aromatic rings. The van der Waals surface area contributed by atoms with Gasteiger partial charge in [-0.25, -0.2) is 4.39 Å². The van der Waals surface area contributed by atoms with Crippen LogP contribution in [-0.4, -0.2) is 24.4 Å². The van der Waals surface area contributed by atoms with E-state index in [1.165, 1.54) is 6.07 Å². The number of nitrogens with two attached hydrogens (primary N) is 1. The average molecular weight is 280 g/mol. The number of carbonyl (C=O) groups excluding carboxylic acids is 1. The maximum Gasteiger partial charge on any atom is 0.227 e. The molecule has 20 heavy (non-hydrogen) atoms. The summed E-state index contributed by atoms with van der Waals surface area (Å²) in [4.78, 5) is 13.9. The van der Waals surface area contributed by atoms with Gasteiger partial charge in [0.1, 0.15) is 5.82 Å². The number of carbonyl (C=O) groups is 1. The van der Waals surface area contributed by atoms with E-state index < -0.39 is 0 Å². The highest BCUT2D eigenvalue weighted by atomic mass is 19.1. The summed E-state index contributed by atoms with van der Waals surface area (Å²) in [5.74, 6) is -0.523. The van der Waals surface area contributed by atoms with E-state index in [9.17, 15) is 9.18 Å². The summed E-state index contributed by atoms with van der Waals surface area (Å²) in [7, 11) is 1.69. The highest BCUT2D eigenvalue weighted by molar-refractivity contribution is 5.78. The van der Waals surface area contributed by atoms with Gasteiger partial charge in [-0.1, -0.05) is 39.0 Å². The Balaban J connectivity index is 2.73. The van der Waals surface area contributed by atoms with Gasteiger partial charge < -0.3 is 10.6 Å². The summed E-state index contributed by atoms with van der Waals surface area (Å²) in [6, 6.07) is 6.51. The Morgan fingerprint density at radius 1 is 1.35 bits per heavy atom. The fraction of sp³-hybridized carbons (Fsp3) is 0.562. The van der Waals surface area contributed by atoms with Gasteiger partial charge >= 0.3 is 0 Å². The summed E-state index contributed by atoms with van der Waals surface area (Å²) in [5.41, 5.74) is 6.28. The molecular formula is C16H25FN2O. The van der Waals surface area contributed by atoms with E-state index in [0.717, 1.165) is 6.42 Å². The monoisotopic (exact) mass is 280 g/mol. The Morgan fingerprint density at radius 3 is 2.45 bits per heavy atom. The van der Waals surface area contributed by atoms with Crippen molar-refractivity contribution >= 4 is 5.91 Å². The molecule has 2 N–H and O–H groups in total. The van der Waals surface area contributed by atoms with Gasteiger partial charge in [0.05, 0.1) is 5.92 Å². The van der Waals surface area contributed by atoms with Gasteiger partial charge in [-0.2, -0.15) is 0 Å². The second-order valence-corrected chi connectivity index (χ2v) is 6.48. The predicted molar refractivity (Wildman–Crippen MR) is 79.5 cm³/mol. The molecule has 0 radical (unpaired) electrons. The van der Waals surface area contributed by atoms with Crippen LogP contribution in [0.3, 0.4) is 0 Å². The van der Waals surface area contributed by atoms with Crippen molar-refractivity contribution in [3.05, 3.63) is 35.6 Å². The molecule has 112 valence electrons. The molecule has 0 aromatic heterocycles. The van der Waals surface area contributed by atoms with Gasteiger partial charge in [0.25, 0.3) is 0 Å². The van der Waals surface area contributed by atoms with Crippen molar-refractivity contribution in [2.45, 2.75) is 33.7 Å². The molecule has 1 amide bonds. The first kappa shape index (κ1) is 16.6. The van der Waals surface area contributed by atoms with Crippen molar-refractivity contribution < 1.29 is 9.18 Å². The van der Waals surface area contributed by atoms with E-state index >= 15 is 0 Å². The third kappa shape index (κ3) is 4.93. The number of benzene rings is 1. The maximum absolute atomic E-state index is 13.6. The lowest BCUT2D eigenvalue weighted by atomic mass is 9.84. The molecule has 0 aliphatic heterocycles. The molecule has 0 saturated carbocycles. The van der Waals surface area contributed by atoms with Crippen LogP contribution < -0.4 is 5.73 Å². The molecule has 0 spiro atoms. The Morgan fingerprint density at radius 2 is 1.95 bits per heavy atom. The quantitative estimate of drug-likeness (QED) is 0.901. The van der Waals surface area contributed by atoms with Gasteiger partial charge in [0, 0.05) is 25.7 Å². The second kappa shape index (κ2) is 6.84. The first-order chi connectivity index (χ1) is 9.24. The molecule has 1 atom stereocenters. The van der Waals surface area contributed by atoms with E-state index in [4.69, 9.17) is 5.73 Å². The standard InChI is InChI=1S/C16H25FN2O/c1-16(2,3)9-13(10-18)15(20)19(4)11-12-7-5-6-8-14(12)17/h5-8,13H,9-11,18H2,1-4H3. The van der Waals surface area contributed by atoms with Crippen molar-refractivity contribution in [2.24, 2.45) is 17.1 Å². The van der Waals surface area contributed by atoms with Crippen LogP contribution in [0.5, 0.6) is 0 Å². The van der Waals surface area contributed by atoms with Crippen LogP contribution in [0.2, 0.25) is 0 Å². The number of nitrogens with zero attached hydrogens (tertiary/aromatic N) is 1. The predicted octanol–water partition coefficient (Wildman–Crippen LogP) is 2.80. The highest BCUT2D eigenvalue weighted by Crippen LogP contribution is 2.25.